The number of hydrogen-bond acceptors (Lipinski definition) is 5. The number of carbonyl (C=O) groups is 2. The van der Waals surface area contributed by atoms with Gasteiger partial charge in [0, 0.05) is 24.1 Å². The van der Waals surface area contributed by atoms with Crippen LogP contribution in [0.1, 0.15) is 33.3 Å². The van der Waals surface area contributed by atoms with E-state index in [0.29, 0.717) is 5.69 Å². The molecule has 0 fully saturated rings. The molecule has 1 N–H and O–H groups in total. The van der Waals surface area contributed by atoms with E-state index in [-0.39, 0.29) is 11.3 Å². The fourth-order valence-electron chi connectivity index (χ4n) is 3.09. The molecule has 0 saturated heterocycles. The van der Waals surface area contributed by atoms with Crippen molar-refractivity contribution in [2.45, 2.75) is 13.8 Å². The van der Waals surface area contributed by atoms with Crippen LogP contribution in [0.25, 0.3) is 0 Å². The van der Waals surface area contributed by atoms with E-state index in [9.17, 15) is 9.59 Å². The summed E-state index contributed by atoms with van der Waals surface area (Å²) >= 11 is 0. The van der Waals surface area contributed by atoms with Gasteiger partial charge in [0.1, 0.15) is 5.69 Å². The summed E-state index contributed by atoms with van der Waals surface area (Å²) < 4.78 is 4.78. The number of anilines is 3. The van der Waals surface area contributed by atoms with Gasteiger partial charge >= 0.3 is 5.97 Å². The van der Waals surface area contributed by atoms with Crippen molar-refractivity contribution in [3.8, 4) is 0 Å². The Morgan fingerprint density at radius 1 is 1.03 bits per heavy atom. The van der Waals surface area contributed by atoms with Gasteiger partial charge in [0.2, 0.25) is 0 Å². The zero-order valence-corrected chi connectivity index (χ0v) is 16.7. The number of nitrogens with zero attached hydrogens (tertiary/aromatic N) is 2. The molecule has 6 nitrogen and oxygen atoms in total. The molecule has 0 spiro atoms. The lowest BCUT2D eigenvalue weighted by Gasteiger charge is -2.24. The molecule has 148 valence electrons. The van der Waals surface area contributed by atoms with E-state index < -0.39 is 11.9 Å². The zero-order chi connectivity index (χ0) is 20.8. The van der Waals surface area contributed by atoms with Crippen molar-refractivity contribution >= 4 is 28.9 Å². The van der Waals surface area contributed by atoms with E-state index in [1.807, 2.05) is 31.2 Å². The van der Waals surface area contributed by atoms with Crippen molar-refractivity contribution < 1.29 is 14.3 Å². The van der Waals surface area contributed by atoms with Crippen molar-refractivity contribution in [1.82, 2.24) is 4.98 Å². The Morgan fingerprint density at radius 2 is 1.79 bits per heavy atom. The number of pyridine rings is 1. The number of aryl methyl sites for hydroxylation is 1. The van der Waals surface area contributed by atoms with E-state index in [2.05, 4.69) is 28.2 Å². The van der Waals surface area contributed by atoms with Gasteiger partial charge in [0.15, 0.2) is 0 Å². The molecule has 1 heterocycles. The molecule has 0 atom stereocenters. The molecule has 0 radical (unpaired) electrons. The summed E-state index contributed by atoms with van der Waals surface area (Å²) in [6.45, 7) is 4.83. The molecule has 0 aliphatic heterocycles. The van der Waals surface area contributed by atoms with Crippen LogP contribution in [-0.4, -0.2) is 30.5 Å². The number of ether oxygens (including phenoxy) is 1. The molecule has 0 bridgehead atoms. The topological polar surface area (TPSA) is 71.5 Å². The predicted molar refractivity (Wildman–Crippen MR) is 114 cm³/mol. The first-order valence-electron chi connectivity index (χ1n) is 9.32. The van der Waals surface area contributed by atoms with Crippen LogP contribution in [0.15, 0.2) is 66.9 Å². The van der Waals surface area contributed by atoms with E-state index in [0.717, 1.165) is 23.5 Å². The maximum absolute atomic E-state index is 12.8. The van der Waals surface area contributed by atoms with Crippen molar-refractivity contribution in [3.63, 3.8) is 0 Å². The molecule has 1 aromatic heterocycles. The van der Waals surface area contributed by atoms with Gasteiger partial charge in [-0.05, 0) is 55.8 Å². The standard InChI is InChI=1S/C23H23N3O3/c1-4-26(17-9-7-8-16(2)14-17)18-12-13-24-21(15-18)22(27)25-20-11-6-5-10-19(20)23(28)29-3/h5-15H,4H2,1-3H3,(H,25,27). The Balaban J connectivity index is 1.88. The largest absolute Gasteiger partial charge is 0.465 e. The van der Waals surface area contributed by atoms with Crippen LogP contribution in [0.5, 0.6) is 0 Å². The van der Waals surface area contributed by atoms with Gasteiger partial charge in [-0.15, -0.1) is 0 Å². The molecule has 0 unspecified atom stereocenters. The van der Waals surface area contributed by atoms with Crippen molar-refractivity contribution in [2.24, 2.45) is 0 Å². The molecular formula is C23H23N3O3. The molecule has 0 saturated carbocycles. The third kappa shape index (κ3) is 4.60. The number of rotatable bonds is 6. The van der Waals surface area contributed by atoms with Gasteiger partial charge in [-0.1, -0.05) is 24.3 Å². The average Bonchev–Trinajstić information content (AvgIpc) is 2.74. The second-order valence-electron chi connectivity index (χ2n) is 6.47. The predicted octanol–water partition coefficient (Wildman–Crippen LogP) is 4.59. The molecule has 3 rings (SSSR count). The van der Waals surface area contributed by atoms with Crippen LogP contribution < -0.4 is 10.2 Å². The van der Waals surface area contributed by atoms with E-state index >= 15 is 0 Å². The van der Waals surface area contributed by atoms with Gasteiger partial charge < -0.3 is 15.0 Å². The zero-order valence-electron chi connectivity index (χ0n) is 16.7. The third-order valence-corrected chi connectivity index (χ3v) is 4.50. The quantitative estimate of drug-likeness (QED) is 0.625. The molecule has 6 heteroatoms. The number of nitrogens with one attached hydrogen (secondary N) is 1. The van der Waals surface area contributed by atoms with Gasteiger partial charge in [-0.25, -0.2) is 4.79 Å². The smallest absolute Gasteiger partial charge is 0.339 e. The minimum Gasteiger partial charge on any atom is -0.465 e. The molecule has 0 aliphatic rings. The SMILES string of the molecule is CCN(c1cccc(C)c1)c1ccnc(C(=O)Nc2ccccc2C(=O)OC)c1. The Bertz CT molecular complexity index is 1030. The summed E-state index contributed by atoms with van der Waals surface area (Å²) in [6, 6.07) is 18.5. The first-order valence-corrected chi connectivity index (χ1v) is 9.32. The molecule has 0 aliphatic carbocycles. The van der Waals surface area contributed by atoms with Crippen LogP contribution >= 0.6 is 0 Å². The summed E-state index contributed by atoms with van der Waals surface area (Å²) in [4.78, 5) is 31.0. The number of para-hydroxylation sites is 1. The second kappa shape index (κ2) is 9.01. The minimum atomic E-state index is -0.515. The highest BCUT2D eigenvalue weighted by Gasteiger charge is 2.16. The second-order valence-corrected chi connectivity index (χ2v) is 6.47. The van der Waals surface area contributed by atoms with Crippen LogP contribution in [-0.2, 0) is 4.74 Å². The van der Waals surface area contributed by atoms with Crippen LogP contribution in [0, 0.1) is 6.92 Å². The van der Waals surface area contributed by atoms with E-state index in [1.54, 1.807) is 36.5 Å². The summed E-state index contributed by atoms with van der Waals surface area (Å²) in [6.07, 6.45) is 1.61. The molecule has 2 aromatic carbocycles. The lowest BCUT2D eigenvalue weighted by atomic mass is 10.1. The van der Waals surface area contributed by atoms with Crippen LogP contribution in [0.3, 0.4) is 0 Å². The maximum Gasteiger partial charge on any atom is 0.339 e. The Kier molecular flexibility index (Phi) is 6.24. The summed E-state index contributed by atoms with van der Waals surface area (Å²) in [5.74, 6) is -0.914. The number of hydrogen-bond donors (Lipinski definition) is 1. The Hall–Kier alpha value is -3.67. The normalized spacial score (nSPS) is 10.3. The number of benzene rings is 2. The summed E-state index contributed by atoms with van der Waals surface area (Å²) in [7, 11) is 1.30. The monoisotopic (exact) mass is 389 g/mol. The molecule has 3 aromatic rings. The number of carbonyl (C=O) groups excluding carboxylic acids is 2. The fraction of sp³-hybridized carbons (Fsp3) is 0.174. The van der Waals surface area contributed by atoms with Crippen LogP contribution in [0.4, 0.5) is 17.1 Å². The highest BCUT2D eigenvalue weighted by atomic mass is 16.5. The first kappa shape index (κ1) is 20.1. The average molecular weight is 389 g/mol. The van der Waals surface area contributed by atoms with Gasteiger partial charge in [0.25, 0.3) is 5.91 Å². The fourth-order valence-corrected chi connectivity index (χ4v) is 3.09. The molecular weight excluding hydrogens is 366 g/mol. The van der Waals surface area contributed by atoms with Crippen LogP contribution in [0.2, 0.25) is 0 Å². The first-order chi connectivity index (χ1) is 14.0. The van der Waals surface area contributed by atoms with E-state index in [4.69, 9.17) is 4.74 Å². The van der Waals surface area contributed by atoms with Gasteiger partial charge in [-0.3, -0.25) is 9.78 Å². The Morgan fingerprint density at radius 3 is 2.52 bits per heavy atom. The minimum absolute atomic E-state index is 0.258. The number of methoxy groups -OCH3 is 1. The van der Waals surface area contributed by atoms with Crippen molar-refractivity contribution in [1.29, 1.82) is 0 Å². The summed E-state index contributed by atoms with van der Waals surface area (Å²) in [5.41, 5.74) is 3.98. The molecule has 29 heavy (non-hydrogen) atoms. The van der Waals surface area contributed by atoms with Gasteiger partial charge in [0.05, 0.1) is 18.4 Å². The lowest BCUT2D eigenvalue weighted by Crippen LogP contribution is -2.19. The highest BCUT2D eigenvalue weighted by Crippen LogP contribution is 2.26. The number of amides is 1. The third-order valence-electron chi connectivity index (χ3n) is 4.50. The lowest BCUT2D eigenvalue weighted by molar-refractivity contribution is 0.0602. The van der Waals surface area contributed by atoms with Gasteiger partial charge in [-0.2, -0.15) is 0 Å². The highest BCUT2D eigenvalue weighted by molar-refractivity contribution is 6.07. The Labute approximate surface area is 170 Å². The van der Waals surface area contributed by atoms with E-state index in [1.165, 1.54) is 7.11 Å². The molecule has 1 amide bonds. The maximum atomic E-state index is 12.8. The van der Waals surface area contributed by atoms with Crippen molar-refractivity contribution in [3.05, 3.63) is 83.7 Å². The summed E-state index contributed by atoms with van der Waals surface area (Å²) in [5, 5.41) is 2.75. The number of esters is 1. The number of aromatic nitrogens is 1. The van der Waals surface area contributed by atoms with Crippen molar-refractivity contribution in [2.75, 3.05) is 23.9 Å².